The van der Waals surface area contributed by atoms with Crippen LogP contribution >= 0.6 is 15.9 Å². The van der Waals surface area contributed by atoms with E-state index in [9.17, 15) is 13.2 Å². The third-order valence-corrected chi connectivity index (χ3v) is 6.07. The van der Waals surface area contributed by atoms with Gasteiger partial charge in [0.2, 0.25) is 10.0 Å². The smallest absolute Gasteiger partial charge is 0.335 e. The average Bonchev–Trinajstić information content (AvgIpc) is 2.40. The van der Waals surface area contributed by atoms with Crippen LogP contribution in [0.25, 0.3) is 0 Å². The van der Waals surface area contributed by atoms with E-state index in [1.165, 1.54) is 13.1 Å². The van der Waals surface area contributed by atoms with Gasteiger partial charge in [-0.15, -0.1) is 0 Å². The van der Waals surface area contributed by atoms with Gasteiger partial charge in [0, 0.05) is 18.1 Å². The Bertz CT molecular complexity index is 710. The second-order valence-corrected chi connectivity index (χ2v) is 7.53. The second kappa shape index (κ2) is 6.56. The molecule has 1 N–H and O–H groups in total. The van der Waals surface area contributed by atoms with Crippen LogP contribution in [-0.2, 0) is 10.0 Å². The average molecular weight is 375 g/mol. The Hall–Kier alpha value is -1.43. The summed E-state index contributed by atoms with van der Waals surface area (Å²) in [6, 6.07) is 4.47. The maximum absolute atomic E-state index is 12.5. The molecule has 1 atom stereocenters. The number of aryl methyl sites for hydroxylation is 1. The molecule has 0 aliphatic rings. The lowest BCUT2D eigenvalue weighted by Gasteiger charge is -2.20. The van der Waals surface area contributed by atoms with E-state index in [0.717, 1.165) is 10.4 Å². The fraction of sp³-hybridized carbons (Fsp3) is 0.385. The highest BCUT2D eigenvalue weighted by atomic mass is 79.9. The number of nitriles is 1. The summed E-state index contributed by atoms with van der Waals surface area (Å²) < 4.78 is 26.4. The lowest BCUT2D eigenvalue weighted by atomic mass is 10.1. The Kier molecular flexibility index (Phi) is 5.50. The maximum Gasteiger partial charge on any atom is 0.335 e. The van der Waals surface area contributed by atoms with Crippen molar-refractivity contribution >= 4 is 31.9 Å². The van der Waals surface area contributed by atoms with Gasteiger partial charge in [-0.25, -0.2) is 13.2 Å². The Morgan fingerprint density at radius 1 is 1.52 bits per heavy atom. The molecule has 21 heavy (non-hydrogen) atoms. The zero-order valence-electron chi connectivity index (χ0n) is 11.8. The first-order valence-electron chi connectivity index (χ1n) is 6.00. The van der Waals surface area contributed by atoms with E-state index >= 15 is 0 Å². The Morgan fingerprint density at radius 2 is 2.10 bits per heavy atom. The molecule has 1 aromatic rings. The molecule has 1 rings (SSSR count). The van der Waals surface area contributed by atoms with Crippen LogP contribution in [0.1, 0.15) is 22.8 Å². The van der Waals surface area contributed by atoms with Crippen LogP contribution in [0.4, 0.5) is 0 Å². The SMILES string of the molecule is Cc1cc(C(=O)O)cc(S(=O)(=O)N(C)CC(C)C#N)c1Br. The molecule has 114 valence electrons. The Labute approximate surface area is 132 Å². The van der Waals surface area contributed by atoms with E-state index in [-0.39, 0.29) is 17.0 Å². The van der Waals surface area contributed by atoms with Gasteiger partial charge in [-0.3, -0.25) is 0 Å². The number of nitrogens with zero attached hydrogens (tertiary/aromatic N) is 2. The fourth-order valence-corrected chi connectivity index (χ4v) is 4.00. The molecule has 6 nitrogen and oxygen atoms in total. The number of rotatable bonds is 5. The first kappa shape index (κ1) is 17.6. The standard InChI is InChI=1S/C13H15BrN2O4S/c1-8(6-15)7-16(3)21(19,20)11-5-10(13(17)18)4-9(2)12(11)14/h4-5,8H,7H2,1-3H3,(H,17,18). The first-order chi connectivity index (χ1) is 9.61. The molecule has 0 saturated heterocycles. The predicted octanol–water partition coefficient (Wildman–Crippen LogP) is 2.24. The van der Waals surface area contributed by atoms with Crippen molar-refractivity contribution in [2.75, 3.05) is 13.6 Å². The number of carboxylic acid groups (broad SMARTS) is 1. The topological polar surface area (TPSA) is 98.5 Å². The van der Waals surface area contributed by atoms with Crippen LogP contribution in [0.2, 0.25) is 0 Å². The highest BCUT2D eigenvalue weighted by Gasteiger charge is 2.27. The summed E-state index contributed by atoms with van der Waals surface area (Å²) in [6.07, 6.45) is 0. The first-order valence-corrected chi connectivity index (χ1v) is 8.24. The molecule has 0 aliphatic carbocycles. The molecule has 0 bridgehead atoms. The molecule has 1 unspecified atom stereocenters. The van der Waals surface area contributed by atoms with Gasteiger partial charge in [0.1, 0.15) is 0 Å². The van der Waals surface area contributed by atoms with Crippen molar-refractivity contribution in [3.05, 3.63) is 27.7 Å². The Morgan fingerprint density at radius 3 is 2.57 bits per heavy atom. The van der Waals surface area contributed by atoms with Crippen LogP contribution in [-0.4, -0.2) is 37.4 Å². The summed E-state index contributed by atoms with van der Waals surface area (Å²) >= 11 is 3.19. The van der Waals surface area contributed by atoms with E-state index in [4.69, 9.17) is 10.4 Å². The van der Waals surface area contributed by atoms with Crippen LogP contribution in [0.5, 0.6) is 0 Å². The highest BCUT2D eigenvalue weighted by molar-refractivity contribution is 9.10. The van der Waals surface area contributed by atoms with E-state index in [2.05, 4.69) is 15.9 Å². The Balaban J connectivity index is 3.38. The summed E-state index contributed by atoms with van der Waals surface area (Å²) in [4.78, 5) is 11.0. The number of benzene rings is 1. The third kappa shape index (κ3) is 3.81. The van der Waals surface area contributed by atoms with E-state index in [1.54, 1.807) is 13.8 Å². The highest BCUT2D eigenvalue weighted by Crippen LogP contribution is 2.29. The number of halogens is 1. The summed E-state index contributed by atoms with van der Waals surface area (Å²) in [5.74, 6) is -1.66. The van der Waals surface area contributed by atoms with E-state index in [1.807, 2.05) is 6.07 Å². The minimum absolute atomic E-state index is 0.0294. The zero-order valence-corrected chi connectivity index (χ0v) is 14.2. The van der Waals surface area contributed by atoms with Crippen LogP contribution < -0.4 is 0 Å². The molecule has 8 heteroatoms. The zero-order chi connectivity index (χ0) is 16.4. The summed E-state index contributed by atoms with van der Waals surface area (Å²) in [5.41, 5.74) is 0.409. The minimum Gasteiger partial charge on any atom is -0.478 e. The molecule has 0 spiro atoms. The molecule has 0 aromatic heterocycles. The third-order valence-electron chi connectivity index (χ3n) is 2.91. The number of hydrogen-bond donors (Lipinski definition) is 1. The summed E-state index contributed by atoms with van der Waals surface area (Å²) in [6.45, 7) is 3.26. The lowest BCUT2D eigenvalue weighted by molar-refractivity contribution is 0.0696. The maximum atomic E-state index is 12.5. The number of sulfonamides is 1. The number of hydrogen-bond acceptors (Lipinski definition) is 4. The quantitative estimate of drug-likeness (QED) is 0.851. The molecule has 0 aliphatic heterocycles. The number of carbonyl (C=O) groups is 1. The predicted molar refractivity (Wildman–Crippen MR) is 80.4 cm³/mol. The van der Waals surface area contributed by atoms with E-state index in [0.29, 0.717) is 10.0 Å². The van der Waals surface area contributed by atoms with Crippen LogP contribution in [0, 0.1) is 24.2 Å². The van der Waals surface area contributed by atoms with E-state index < -0.39 is 21.9 Å². The molecule has 0 saturated carbocycles. The monoisotopic (exact) mass is 374 g/mol. The minimum atomic E-state index is -3.88. The molecular weight excluding hydrogens is 360 g/mol. The van der Waals surface area contributed by atoms with Gasteiger partial charge >= 0.3 is 5.97 Å². The van der Waals surface area contributed by atoms with Crippen molar-refractivity contribution in [1.82, 2.24) is 4.31 Å². The number of carboxylic acids is 1. The van der Waals surface area contributed by atoms with Crippen LogP contribution in [0.15, 0.2) is 21.5 Å². The van der Waals surface area contributed by atoms with Crippen molar-refractivity contribution in [3.8, 4) is 6.07 Å². The van der Waals surface area contributed by atoms with Gasteiger partial charge in [0.25, 0.3) is 0 Å². The molecule has 0 amide bonds. The van der Waals surface area contributed by atoms with Crippen LogP contribution in [0.3, 0.4) is 0 Å². The van der Waals surface area contributed by atoms with Gasteiger partial charge in [-0.2, -0.15) is 9.57 Å². The van der Waals surface area contributed by atoms with Gasteiger partial charge in [-0.1, -0.05) is 0 Å². The molecular formula is C13H15BrN2O4S. The molecule has 1 aromatic carbocycles. The van der Waals surface area contributed by atoms with Crippen molar-refractivity contribution < 1.29 is 18.3 Å². The molecule has 0 fully saturated rings. The normalized spacial score (nSPS) is 13.0. The second-order valence-electron chi connectivity index (χ2n) is 4.73. The van der Waals surface area contributed by atoms with Gasteiger partial charge < -0.3 is 5.11 Å². The van der Waals surface area contributed by atoms with Gasteiger partial charge in [0.15, 0.2) is 0 Å². The van der Waals surface area contributed by atoms with Crippen molar-refractivity contribution in [1.29, 1.82) is 5.26 Å². The molecule has 0 heterocycles. The van der Waals surface area contributed by atoms with Gasteiger partial charge in [0.05, 0.1) is 22.4 Å². The largest absolute Gasteiger partial charge is 0.478 e. The van der Waals surface area contributed by atoms with Crippen molar-refractivity contribution in [2.45, 2.75) is 18.7 Å². The summed E-state index contributed by atoms with van der Waals surface area (Å²) in [7, 11) is -2.52. The number of aromatic carboxylic acids is 1. The molecule has 0 radical (unpaired) electrons. The van der Waals surface area contributed by atoms with Gasteiger partial charge in [-0.05, 0) is 47.5 Å². The lowest BCUT2D eigenvalue weighted by Crippen LogP contribution is -2.31. The fourth-order valence-electron chi connectivity index (χ4n) is 1.74. The van der Waals surface area contributed by atoms with Crippen molar-refractivity contribution in [3.63, 3.8) is 0 Å². The summed E-state index contributed by atoms with van der Waals surface area (Å²) in [5, 5.41) is 17.8. The van der Waals surface area contributed by atoms with Crippen molar-refractivity contribution in [2.24, 2.45) is 5.92 Å².